The minimum Gasteiger partial charge on any atom is -0.382 e. The van der Waals surface area contributed by atoms with Gasteiger partial charge in [0.05, 0.1) is 25.5 Å². The molecule has 0 aliphatic heterocycles. The maximum atomic E-state index is 5.41. The van der Waals surface area contributed by atoms with E-state index < -0.39 is 0 Å². The van der Waals surface area contributed by atoms with Crippen molar-refractivity contribution in [3.05, 3.63) is 30.1 Å². The monoisotopic (exact) mass is 422 g/mol. The third-order valence-electron chi connectivity index (χ3n) is 2.83. The summed E-state index contributed by atoms with van der Waals surface area (Å²) in [6.45, 7) is 3.63. The Bertz CT molecular complexity index is 390. The Kier molecular flexibility index (Phi) is 14.4. The summed E-state index contributed by atoms with van der Waals surface area (Å²) in [7, 11) is 3.44. The number of nitrogens with zero attached hydrogens (tertiary/aromatic N) is 2. The molecule has 0 atom stereocenters. The molecule has 0 bridgehead atoms. The predicted molar refractivity (Wildman–Crippen MR) is 99.8 cm³/mol. The molecular weight excluding hydrogens is 395 g/mol. The molecule has 1 heterocycles. The van der Waals surface area contributed by atoms with Crippen LogP contribution in [0.4, 0.5) is 0 Å². The van der Waals surface area contributed by atoms with Crippen LogP contribution in [-0.4, -0.2) is 51.5 Å². The highest BCUT2D eigenvalue weighted by molar-refractivity contribution is 14.0. The first-order chi connectivity index (χ1) is 10.4. The van der Waals surface area contributed by atoms with Crippen molar-refractivity contribution in [3.63, 3.8) is 0 Å². The van der Waals surface area contributed by atoms with Gasteiger partial charge in [0.15, 0.2) is 5.96 Å². The Morgan fingerprint density at radius 1 is 1.18 bits per heavy atom. The lowest BCUT2D eigenvalue weighted by molar-refractivity contribution is 0.0689. The third kappa shape index (κ3) is 10.7. The van der Waals surface area contributed by atoms with Crippen LogP contribution in [0.3, 0.4) is 0 Å². The molecule has 126 valence electrons. The van der Waals surface area contributed by atoms with Crippen molar-refractivity contribution in [3.8, 4) is 0 Å². The molecule has 2 N–H and O–H groups in total. The second kappa shape index (κ2) is 15.0. The van der Waals surface area contributed by atoms with Crippen LogP contribution in [-0.2, 0) is 16.0 Å². The van der Waals surface area contributed by atoms with Gasteiger partial charge in [0.25, 0.3) is 0 Å². The lowest BCUT2D eigenvalue weighted by Gasteiger charge is -2.11. The molecule has 0 amide bonds. The first-order valence-electron chi connectivity index (χ1n) is 7.28. The van der Waals surface area contributed by atoms with Gasteiger partial charge in [-0.15, -0.1) is 24.0 Å². The average Bonchev–Trinajstić information content (AvgIpc) is 2.54. The van der Waals surface area contributed by atoms with Gasteiger partial charge in [-0.05, 0) is 25.0 Å². The number of rotatable bonds is 10. The van der Waals surface area contributed by atoms with Crippen molar-refractivity contribution >= 4 is 29.9 Å². The Hall–Kier alpha value is -0.930. The van der Waals surface area contributed by atoms with Crippen LogP contribution in [0.25, 0.3) is 0 Å². The number of ether oxygens (including phenoxy) is 2. The van der Waals surface area contributed by atoms with Gasteiger partial charge >= 0.3 is 0 Å². The maximum Gasteiger partial charge on any atom is 0.191 e. The van der Waals surface area contributed by atoms with E-state index in [1.54, 1.807) is 20.4 Å². The number of hydrogen-bond donors (Lipinski definition) is 2. The van der Waals surface area contributed by atoms with E-state index in [0.717, 1.165) is 37.6 Å². The number of unbranched alkanes of at least 4 members (excludes halogenated alkanes) is 1. The van der Waals surface area contributed by atoms with Gasteiger partial charge in [0, 0.05) is 33.5 Å². The molecule has 1 rings (SSSR count). The van der Waals surface area contributed by atoms with E-state index in [4.69, 9.17) is 9.47 Å². The first kappa shape index (κ1) is 21.1. The number of aromatic nitrogens is 1. The number of aliphatic imine (C=N–C) groups is 1. The highest BCUT2D eigenvalue weighted by atomic mass is 127. The molecule has 6 nitrogen and oxygen atoms in total. The highest BCUT2D eigenvalue weighted by Gasteiger charge is 1.98. The Morgan fingerprint density at radius 3 is 2.73 bits per heavy atom. The maximum absolute atomic E-state index is 5.41. The van der Waals surface area contributed by atoms with Crippen molar-refractivity contribution in [2.75, 3.05) is 40.5 Å². The fourth-order valence-corrected chi connectivity index (χ4v) is 1.68. The summed E-state index contributed by atoms with van der Waals surface area (Å²) in [6.07, 6.45) is 3.85. The molecule has 7 heteroatoms. The fourth-order valence-electron chi connectivity index (χ4n) is 1.68. The standard InChI is InChI=1S/C15H26N4O2.HI/c1-16-15(19-13-14-7-3-4-8-17-14)18-9-5-6-10-21-12-11-20-2;/h3-4,7-8H,5-6,9-13H2,1-2H3,(H2,16,18,19);1H. The van der Waals surface area contributed by atoms with Crippen LogP contribution in [0.2, 0.25) is 0 Å². The van der Waals surface area contributed by atoms with Gasteiger partial charge in [0.1, 0.15) is 0 Å². The molecule has 0 aliphatic rings. The lowest BCUT2D eigenvalue weighted by Crippen LogP contribution is -2.37. The van der Waals surface area contributed by atoms with Gasteiger partial charge in [-0.2, -0.15) is 0 Å². The zero-order chi connectivity index (χ0) is 15.2. The molecule has 1 aromatic rings. The second-order valence-electron chi connectivity index (χ2n) is 4.49. The number of pyridine rings is 1. The summed E-state index contributed by atoms with van der Waals surface area (Å²) >= 11 is 0. The van der Waals surface area contributed by atoms with E-state index in [1.165, 1.54) is 0 Å². The van der Waals surface area contributed by atoms with Crippen LogP contribution in [0.5, 0.6) is 0 Å². The second-order valence-corrected chi connectivity index (χ2v) is 4.49. The average molecular weight is 422 g/mol. The number of nitrogens with one attached hydrogen (secondary N) is 2. The van der Waals surface area contributed by atoms with Gasteiger partial charge in [-0.25, -0.2) is 0 Å². The Labute approximate surface area is 150 Å². The summed E-state index contributed by atoms with van der Waals surface area (Å²) in [5, 5.41) is 6.51. The predicted octanol–water partition coefficient (Wildman–Crippen LogP) is 1.81. The molecular formula is C15H27IN4O2. The van der Waals surface area contributed by atoms with Crippen LogP contribution in [0, 0.1) is 0 Å². The Balaban J connectivity index is 0.00000441. The van der Waals surface area contributed by atoms with Crippen LogP contribution < -0.4 is 10.6 Å². The topological polar surface area (TPSA) is 67.8 Å². The largest absolute Gasteiger partial charge is 0.382 e. The summed E-state index contributed by atoms with van der Waals surface area (Å²) < 4.78 is 10.3. The number of guanidine groups is 1. The van der Waals surface area contributed by atoms with Gasteiger partial charge < -0.3 is 20.1 Å². The molecule has 0 spiro atoms. The van der Waals surface area contributed by atoms with E-state index in [0.29, 0.717) is 19.8 Å². The van der Waals surface area contributed by atoms with E-state index in [1.807, 2.05) is 18.2 Å². The van der Waals surface area contributed by atoms with Crippen LogP contribution in [0.15, 0.2) is 29.4 Å². The van der Waals surface area contributed by atoms with Gasteiger partial charge in [0.2, 0.25) is 0 Å². The normalized spacial score (nSPS) is 10.9. The summed E-state index contributed by atoms with van der Waals surface area (Å²) in [5.41, 5.74) is 0.993. The van der Waals surface area contributed by atoms with Crippen molar-refractivity contribution in [2.24, 2.45) is 4.99 Å². The summed E-state index contributed by atoms with van der Waals surface area (Å²) in [5.74, 6) is 0.793. The smallest absolute Gasteiger partial charge is 0.191 e. The number of methoxy groups -OCH3 is 1. The molecule has 0 saturated heterocycles. The molecule has 0 radical (unpaired) electrons. The van der Waals surface area contributed by atoms with E-state index in [9.17, 15) is 0 Å². The van der Waals surface area contributed by atoms with E-state index >= 15 is 0 Å². The van der Waals surface area contributed by atoms with Gasteiger partial charge in [-0.1, -0.05) is 6.07 Å². The molecule has 0 fully saturated rings. The van der Waals surface area contributed by atoms with Crippen molar-refractivity contribution < 1.29 is 9.47 Å². The zero-order valence-corrected chi connectivity index (χ0v) is 15.7. The fraction of sp³-hybridized carbons (Fsp3) is 0.600. The summed E-state index contributed by atoms with van der Waals surface area (Å²) in [4.78, 5) is 8.44. The minimum atomic E-state index is 0. The van der Waals surface area contributed by atoms with Crippen molar-refractivity contribution in [1.29, 1.82) is 0 Å². The van der Waals surface area contributed by atoms with Crippen molar-refractivity contribution in [1.82, 2.24) is 15.6 Å². The highest BCUT2D eigenvalue weighted by Crippen LogP contribution is 1.92. The van der Waals surface area contributed by atoms with E-state index in [-0.39, 0.29) is 24.0 Å². The lowest BCUT2D eigenvalue weighted by atomic mass is 10.3. The number of hydrogen-bond acceptors (Lipinski definition) is 4. The van der Waals surface area contributed by atoms with Gasteiger partial charge in [-0.3, -0.25) is 9.98 Å². The van der Waals surface area contributed by atoms with E-state index in [2.05, 4.69) is 20.6 Å². The molecule has 0 unspecified atom stereocenters. The molecule has 0 aromatic carbocycles. The third-order valence-corrected chi connectivity index (χ3v) is 2.83. The van der Waals surface area contributed by atoms with Crippen molar-refractivity contribution in [2.45, 2.75) is 19.4 Å². The zero-order valence-electron chi connectivity index (χ0n) is 13.4. The molecule has 0 aliphatic carbocycles. The Morgan fingerprint density at radius 2 is 2.05 bits per heavy atom. The van der Waals surface area contributed by atoms with Crippen LogP contribution >= 0.6 is 24.0 Å². The quantitative estimate of drug-likeness (QED) is 0.261. The molecule has 0 saturated carbocycles. The molecule has 1 aromatic heterocycles. The SMILES string of the molecule is CN=C(NCCCCOCCOC)NCc1ccccn1.I. The minimum absolute atomic E-state index is 0. The molecule has 22 heavy (non-hydrogen) atoms. The summed E-state index contributed by atoms with van der Waals surface area (Å²) in [6, 6.07) is 5.87. The number of halogens is 1. The first-order valence-corrected chi connectivity index (χ1v) is 7.28. The van der Waals surface area contributed by atoms with Crippen LogP contribution in [0.1, 0.15) is 18.5 Å².